The molecule has 2 aromatic rings. The number of benzene rings is 1. The highest BCUT2D eigenvalue weighted by molar-refractivity contribution is 5.91. The van der Waals surface area contributed by atoms with E-state index in [9.17, 15) is 9.18 Å². The molecule has 0 aliphatic rings. The van der Waals surface area contributed by atoms with Crippen molar-refractivity contribution < 1.29 is 9.18 Å². The van der Waals surface area contributed by atoms with Crippen LogP contribution in [-0.4, -0.2) is 29.0 Å². The number of nitrogens with one attached hydrogen (secondary N) is 2. The molecule has 0 aliphatic heterocycles. The second kappa shape index (κ2) is 8.22. The molecule has 0 bridgehead atoms. The number of halogens is 1. The van der Waals surface area contributed by atoms with E-state index in [1.54, 1.807) is 12.1 Å². The molecule has 0 fully saturated rings. The molecule has 0 aliphatic carbocycles. The Morgan fingerprint density at radius 2 is 1.91 bits per heavy atom. The zero-order chi connectivity index (χ0) is 16.7. The van der Waals surface area contributed by atoms with Crippen molar-refractivity contribution in [2.75, 3.05) is 18.4 Å². The first kappa shape index (κ1) is 16.9. The second-order valence-electron chi connectivity index (χ2n) is 5.69. The fourth-order valence-electron chi connectivity index (χ4n) is 1.91. The number of hydrogen-bond acceptors (Lipinski definition) is 4. The number of anilines is 1. The topological polar surface area (TPSA) is 66.9 Å². The van der Waals surface area contributed by atoms with Gasteiger partial charge in [0.2, 0.25) is 0 Å². The zero-order valence-electron chi connectivity index (χ0n) is 13.3. The van der Waals surface area contributed by atoms with E-state index in [1.165, 1.54) is 24.5 Å². The predicted molar refractivity (Wildman–Crippen MR) is 87.8 cm³/mol. The molecule has 1 aromatic heterocycles. The number of carbonyl (C=O) groups excluding carboxylic acids is 1. The Kier molecular flexibility index (Phi) is 6.02. The summed E-state index contributed by atoms with van der Waals surface area (Å²) in [5.74, 6) is 0.537. The van der Waals surface area contributed by atoms with Crippen molar-refractivity contribution in [2.45, 2.75) is 20.3 Å². The molecule has 1 heterocycles. The molecule has 0 unspecified atom stereocenters. The Balaban J connectivity index is 1.80. The van der Waals surface area contributed by atoms with Crippen molar-refractivity contribution in [1.82, 2.24) is 15.3 Å². The number of nitrogens with zero attached hydrogens (tertiary/aromatic N) is 2. The third-order valence-corrected chi connectivity index (χ3v) is 3.19. The lowest BCUT2D eigenvalue weighted by atomic mass is 10.1. The molecule has 1 aromatic carbocycles. The average Bonchev–Trinajstić information content (AvgIpc) is 2.55. The molecular weight excluding hydrogens is 295 g/mol. The molecule has 0 spiro atoms. The Morgan fingerprint density at radius 3 is 2.52 bits per heavy atom. The molecule has 2 N–H and O–H groups in total. The summed E-state index contributed by atoms with van der Waals surface area (Å²) in [7, 11) is 0. The van der Waals surface area contributed by atoms with Crippen LogP contribution in [0.15, 0.2) is 36.7 Å². The normalized spacial score (nSPS) is 10.6. The molecule has 0 radical (unpaired) electrons. The van der Waals surface area contributed by atoms with Crippen molar-refractivity contribution in [2.24, 2.45) is 5.92 Å². The van der Waals surface area contributed by atoms with Crippen molar-refractivity contribution in [3.05, 3.63) is 53.7 Å². The minimum atomic E-state index is -0.237. The molecule has 2 rings (SSSR count). The van der Waals surface area contributed by atoms with Gasteiger partial charge in [-0.3, -0.25) is 4.79 Å². The minimum absolute atomic E-state index is 0.218. The van der Waals surface area contributed by atoms with Crippen LogP contribution in [0.25, 0.3) is 0 Å². The van der Waals surface area contributed by atoms with E-state index in [1.807, 2.05) is 13.8 Å². The number of hydrogen-bond donors (Lipinski definition) is 2. The minimum Gasteiger partial charge on any atom is -0.368 e. The second-order valence-corrected chi connectivity index (χ2v) is 5.69. The first-order chi connectivity index (χ1) is 11.0. The zero-order valence-corrected chi connectivity index (χ0v) is 13.3. The molecule has 122 valence electrons. The van der Waals surface area contributed by atoms with Gasteiger partial charge in [-0.1, -0.05) is 26.0 Å². The van der Waals surface area contributed by atoms with Crippen LogP contribution in [0.4, 0.5) is 10.2 Å². The van der Waals surface area contributed by atoms with Crippen LogP contribution in [0.5, 0.6) is 0 Å². The van der Waals surface area contributed by atoms with Crippen LogP contribution in [0.2, 0.25) is 0 Å². The SMILES string of the molecule is CC(C)CNC(=O)c1cnc(NCCc2ccc(F)cc2)cn1. The average molecular weight is 316 g/mol. The van der Waals surface area contributed by atoms with E-state index >= 15 is 0 Å². The summed E-state index contributed by atoms with van der Waals surface area (Å²) in [6.45, 7) is 5.32. The summed E-state index contributed by atoms with van der Waals surface area (Å²) in [6.07, 6.45) is 3.74. The van der Waals surface area contributed by atoms with Crippen LogP contribution in [-0.2, 0) is 6.42 Å². The number of rotatable bonds is 7. The molecule has 5 nitrogen and oxygen atoms in total. The maximum atomic E-state index is 12.8. The summed E-state index contributed by atoms with van der Waals surface area (Å²) in [5, 5.41) is 5.92. The standard InChI is InChI=1S/C17H21FN4O/c1-12(2)9-22-17(23)15-10-21-16(11-20-15)19-8-7-13-3-5-14(18)6-4-13/h3-6,10-12H,7-9H2,1-2H3,(H,19,21)(H,22,23). The Morgan fingerprint density at radius 1 is 1.17 bits per heavy atom. The molecular formula is C17H21FN4O. The first-order valence-corrected chi connectivity index (χ1v) is 7.63. The highest BCUT2D eigenvalue weighted by Crippen LogP contribution is 2.05. The van der Waals surface area contributed by atoms with Crippen LogP contribution < -0.4 is 10.6 Å². The number of carbonyl (C=O) groups is 1. The van der Waals surface area contributed by atoms with Crippen LogP contribution in [0.3, 0.4) is 0 Å². The summed E-state index contributed by atoms with van der Waals surface area (Å²) < 4.78 is 12.8. The highest BCUT2D eigenvalue weighted by Gasteiger charge is 2.08. The molecule has 6 heteroatoms. The molecule has 0 atom stereocenters. The summed E-state index contributed by atoms with van der Waals surface area (Å²) >= 11 is 0. The monoisotopic (exact) mass is 316 g/mol. The Bertz CT molecular complexity index is 626. The van der Waals surface area contributed by atoms with Gasteiger partial charge in [0.1, 0.15) is 17.3 Å². The van der Waals surface area contributed by atoms with Gasteiger partial charge in [-0.05, 0) is 30.0 Å². The summed E-state index contributed by atoms with van der Waals surface area (Å²) in [4.78, 5) is 20.1. The van der Waals surface area contributed by atoms with Gasteiger partial charge in [-0.2, -0.15) is 0 Å². The molecule has 23 heavy (non-hydrogen) atoms. The summed E-state index contributed by atoms with van der Waals surface area (Å²) in [5.41, 5.74) is 1.34. The largest absolute Gasteiger partial charge is 0.368 e. The van der Waals surface area contributed by atoms with Gasteiger partial charge in [-0.15, -0.1) is 0 Å². The van der Waals surface area contributed by atoms with Crippen molar-refractivity contribution >= 4 is 11.7 Å². The fraction of sp³-hybridized carbons (Fsp3) is 0.353. The quantitative estimate of drug-likeness (QED) is 0.824. The van der Waals surface area contributed by atoms with E-state index in [4.69, 9.17) is 0 Å². The highest BCUT2D eigenvalue weighted by atomic mass is 19.1. The lowest BCUT2D eigenvalue weighted by Crippen LogP contribution is -2.28. The van der Waals surface area contributed by atoms with E-state index in [2.05, 4.69) is 20.6 Å². The van der Waals surface area contributed by atoms with Crippen LogP contribution in [0.1, 0.15) is 29.9 Å². The van der Waals surface area contributed by atoms with E-state index in [0.29, 0.717) is 30.5 Å². The van der Waals surface area contributed by atoms with Gasteiger partial charge < -0.3 is 10.6 Å². The number of amides is 1. The van der Waals surface area contributed by atoms with Crippen LogP contribution in [0, 0.1) is 11.7 Å². The van der Waals surface area contributed by atoms with E-state index in [-0.39, 0.29) is 11.7 Å². The Hall–Kier alpha value is -2.50. The van der Waals surface area contributed by atoms with Gasteiger partial charge in [0, 0.05) is 13.1 Å². The van der Waals surface area contributed by atoms with Gasteiger partial charge in [0.15, 0.2) is 0 Å². The molecule has 0 saturated carbocycles. The number of aromatic nitrogens is 2. The lowest BCUT2D eigenvalue weighted by Gasteiger charge is -2.08. The van der Waals surface area contributed by atoms with Gasteiger partial charge in [0.25, 0.3) is 5.91 Å². The first-order valence-electron chi connectivity index (χ1n) is 7.63. The third kappa shape index (κ3) is 5.65. The smallest absolute Gasteiger partial charge is 0.271 e. The maximum absolute atomic E-state index is 12.8. The van der Waals surface area contributed by atoms with Gasteiger partial charge in [0.05, 0.1) is 12.4 Å². The maximum Gasteiger partial charge on any atom is 0.271 e. The van der Waals surface area contributed by atoms with Crippen molar-refractivity contribution in [3.8, 4) is 0 Å². The predicted octanol–water partition coefficient (Wildman–Crippen LogP) is 2.66. The van der Waals surface area contributed by atoms with Crippen molar-refractivity contribution in [3.63, 3.8) is 0 Å². The van der Waals surface area contributed by atoms with Crippen molar-refractivity contribution in [1.29, 1.82) is 0 Å². The lowest BCUT2D eigenvalue weighted by molar-refractivity contribution is 0.0943. The molecule has 1 amide bonds. The Labute approximate surface area is 135 Å². The van der Waals surface area contributed by atoms with E-state index < -0.39 is 0 Å². The van der Waals surface area contributed by atoms with Gasteiger partial charge in [-0.25, -0.2) is 14.4 Å². The fourth-order valence-corrected chi connectivity index (χ4v) is 1.91. The van der Waals surface area contributed by atoms with Crippen LogP contribution >= 0.6 is 0 Å². The molecule has 0 saturated heterocycles. The van der Waals surface area contributed by atoms with Gasteiger partial charge >= 0.3 is 0 Å². The van der Waals surface area contributed by atoms with E-state index in [0.717, 1.165) is 12.0 Å². The third-order valence-electron chi connectivity index (χ3n) is 3.19. The summed E-state index contributed by atoms with van der Waals surface area (Å²) in [6, 6.07) is 6.40.